The Hall–Kier alpha value is -5.11. The summed E-state index contributed by atoms with van der Waals surface area (Å²) < 4.78 is 6.27. The van der Waals surface area contributed by atoms with Crippen molar-refractivity contribution in [3.05, 3.63) is 121 Å². The number of hydrogen-bond acceptors (Lipinski definition) is 6. The van der Waals surface area contributed by atoms with Crippen molar-refractivity contribution in [1.29, 1.82) is 0 Å². The van der Waals surface area contributed by atoms with Crippen molar-refractivity contribution in [2.45, 2.75) is 0 Å². The largest absolute Gasteiger partial charge is 0.488 e. The minimum atomic E-state index is -1.68. The smallest absolute Gasteiger partial charge is 0.455 e. The highest BCUT2D eigenvalue weighted by molar-refractivity contribution is 6.58. The SMILES string of the molecule is OB(O)c1cc(-c2nc(-c3ccccc3)nc(-c3ccccc3)n2)cc(-c2cccc3c2oc2ccccc23)c1. The standard InChI is InChI=1S/C33H22BN3O3/c38-34(39)25-19-23(26-15-9-16-28-27-14-7-8-17-29(27)40-30(26)28)18-24(20-25)33-36-31(21-10-3-1-4-11-21)35-32(37-33)22-12-5-2-6-13-22/h1-20,38-39H. The van der Waals surface area contributed by atoms with Crippen LogP contribution in [0, 0.1) is 0 Å². The molecule has 0 saturated heterocycles. The molecular formula is C33H22BN3O3. The van der Waals surface area contributed by atoms with Gasteiger partial charge in [0.15, 0.2) is 17.5 Å². The average Bonchev–Trinajstić information content (AvgIpc) is 3.40. The lowest BCUT2D eigenvalue weighted by Crippen LogP contribution is -2.30. The Balaban J connectivity index is 1.46. The summed E-state index contributed by atoms with van der Waals surface area (Å²) in [4.78, 5) is 14.4. The topological polar surface area (TPSA) is 92.3 Å². The third-order valence-corrected chi connectivity index (χ3v) is 6.93. The fourth-order valence-corrected chi connectivity index (χ4v) is 5.00. The molecule has 0 aliphatic rings. The summed E-state index contributed by atoms with van der Waals surface area (Å²) in [5.74, 6) is 1.48. The molecule has 2 heterocycles. The highest BCUT2D eigenvalue weighted by Crippen LogP contribution is 2.36. The molecule has 40 heavy (non-hydrogen) atoms. The molecular weight excluding hydrogens is 497 g/mol. The summed E-state index contributed by atoms with van der Waals surface area (Å²) in [5.41, 5.74) is 5.77. The Labute approximate surface area is 230 Å². The van der Waals surface area contributed by atoms with Crippen LogP contribution in [0.5, 0.6) is 0 Å². The lowest BCUT2D eigenvalue weighted by atomic mass is 9.78. The van der Waals surface area contributed by atoms with Crippen LogP contribution in [0.1, 0.15) is 0 Å². The van der Waals surface area contributed by atoms with Crippen LogP contribution >= 0.6 is 0 Å². The van der Waals surface area contributed by atoms with Crippen LogP contribution in [-0.4, -0.2) is 32.1 Å². The Morgan fingerprint density at radius 3 is 1.70 bits per heavy atom. The Kier molecular flexibility index (Phi) is 5.93. The monoisotopic (exact) mass is 519 g/mol. The molecule has 0 atom stereocenters. The van der Waals surface area contributed by atoms with E-state index in [1.165, 1.54) is 0 Å². The van der Waals surface area contributed by atoms with Crippen molar-refractivity contribution < 1.29 is 14.5 Å². The number of rotatable bonds is 5. The summed E-state index contributed by atoms with van der Waals surface area (Å²) in [6, 6.07) is 38.8. The zero-order valence-electron chi connectivity index (χ0n) is 21.3. The van der Waals surface area contributed by atoms with E-state index < -0.39 is 7.12 Å². The second-order valence-corrected chi connectivity index (χ2v) is 9.54. The van der Waals surface area contributed by atoms with Gasteiger partial charge in [0.1, 0.15) is 11.2 Å². The molecule has 190 valence electrons. The van der Waals surface area contributed by atoms with E-state index in [2.05, 4.69) is 0 Å². The van der Waals surface area contributed by atoms with E-state index in [0.29, 0.717) is 28.5 Å². The lowest BCUT2D eigenvalue weighted by Gasteiger charge is -2.12. The predicted molar refractivity (Wildman–Crippen MR) is 159 cm³/mol. The Morgan fingerprint density at radius 1 is 0.500 bits per heavy atom. The van der Waals surface area contributed by atoms with Gasteiger partial charge in [0.2, 0.25) is 0 Å². The van der Waals surface area contributed by atoms with Crippen molar-refractivity contribution >= 4 is 34.5 Å². The van der Waals surface area contributed by atoms with E-state index in [9.17, 15) is 10.0 Å². The number of fused-ring (bicyclic) bond motifs is 3. The molecule has 6 nitrogen and oxygen atoms in total. The van der Waals surface area contributed by atoms with Gasteiger partial charge >= 0.3 is 7.12 Å². The summed E-state index contributed by atoms with van der Waals surface area (Å²) >= 11 is 0. The first-order chi connectivity index (χ1) is 19.6. The summed E-state index contributed by atoms with van der Waals surface area (Å²) in [7, 11) is -1.68. The van der Waals surface area contributed by atoms with Crippen molar-refractivity contribution in [3.8, 4) is 45.3 Å². The van der Waals surface area contributed by atoms with Crippen LogP contribution in [-0.2, 0) is 0 Å². The first-order valence-corrected chi connectivity index (χ1v) is 12.9. The Morgan fingerprint density at radius 2 is 1.05 bits per heavy atom. The van der Waals surface area contributed by atoms with Crippen molar-refractivity contribution in [3.63, 3.8) is 0 Å². The molecule has 2 N–H and O–H groups in total. The molecule has 7 rings (SSSR count). The van der Waals surface area contributed by atoms with E-state index in [1.807, 2.05) is 109 Å². The maximum atomic E-state index is 10.2. The molecule has 7 heteroatoms. The van der Waals surface area contributed by atoms with Gasteiger partial charge in [-0.15, -0.1) is 0 Å². The van der Waals surface area contributed by atoms with Gasteiger partial charge in [0, 0.05) is 33.0 Å². The van der Waals surface area contributed by atoms with Gasteiger partial charge in [-0.1, -0.05) is 109 Å². The molecule has 0 aliphatic carbocycles. The van der Waals surface area contributed by atoms with Gasteiger partial charge in [-0.05, 0) is 23.2 Å². The molecule has 0 unspecified atom stereocenters. The summed E-state index contributed by atoms with van der Waals surface area (Å²) in [6.45, 7) is 0. The number of benzene rings is 5. The molecule has 5 aromatic carbocycles. The average molecular weight is 519 g/mol. The normalized spacial score (nSPS) is 11.2. The maximum Gasteiger partial charge on any atom is 0.488 e. The van der Waals surface area contributed by atoms with Gasteiger partial charge in [-0.25, -0.2) is 15.0 Å². The predicted octanol–water partition coefficient (Wildman–Crippen LogP) is 6.12. The van der Waals surface area contributed by atoms with Crippen LogP contribution in [0.2, 0.25) is 0 Å². The van der Waals surface area contributed by atoms with E-state index in [4.69, 9.17) is 19.4 Å². The fraction of sp³-hybridized carbons (Fsp3) is 0. The van der Waals surface area contributed by atoms with Gasteiger partial charge in [0.05, 0.1) is 0 Å². The maximum absolute atomic E-state index is 10.2. The van der Waals surface area contributed by atoms with Crippen LogP contribution in [0.4, 0.5) is 0 Å². The highest BCUT2D eigenvalue weighted by Gasteiger charge is 2.20. The van der Waals surface area contributed by atoms with Gasteiger partial charge in [-0.2, -0.15) is 0 Å². The second kappa shape index (κ2) is 9.89. The lowest BCUT2D eigenvalue weighted by molar-refractivity contribution is 0.426. The quantitative estimate of drug-likeness (QED) is 0.266. The highest BCUT2D eigenvalue weighted by atomic mass is 16.4. The summed E-state index contributed by atoms with van der Waals surface area (Å²) in [5, 5.41) is 22.5. The summed E-state index contributed by atoms with van der Waals surface area (Å²) in [6.07, 6.45) is 0. The van der Waals surface area contributed by atoms with Crippen LogP contribution < -0.4 is 5.46 Å². The Bertz CT molecular complexity index is 1930. The first kappa shape index (κ1) is 24.0. The van der Waals surface area contributed by atoms with Crippen molar-refractivity contribution in [1.82, 2.24) is 15.0 Å². The zero-order chi connectivity index (χ0) is 27.1. The molecule has 0 amide bonds. The van der Waals surface area contributed by atoms with E-state index in [0.717, 1.165) is 44.2 Å². The minimum absolute atomic E-state index is 0.323. The number of aromatic nitrogens is 3. The fourth-order valence-electron chi connectivity index (χ4n) is 5.00. The van der Waals surface area contributed by atoms with E-state index >= 15 is 0 Å². The van der Waals surface area contributed by atoms with E-state index in [-0.39, 0.29) is 0 Å². The van der Waals surface area contributed by atoms with Crippen LogP contribution in [0.3, 0.4) is 0 Å². The minimum Gasteiger partial charge on any atom is -0.455 e. The van der Waals surface area contributed by atoms with Crippen LogP contribution in [0.15, 0.2) is 126 Å². The molecule has 7 aromatic rings. The number of furan rings is 1. The second-order valence-electron chi connectivity index (χ2n) is 9.54. The molecule has 0 bridgehead atoms. The first-order valence-electron chi connectivity index (χ1n) is 12.9. The zero-order valence-corrected chi connectivity index (χ0v) is 21.3. The molecule has 0 fully saturated rings. The molecule has 0 spiro atoms. The van der Waals surface area contributed by atoms with Crippen LogP contribution in [0.25, 0.3) is 67.2 Å². The number of hydrogen-bond donors (Lipinski definition) is 2. The molecule has 0 aliphatic heterocycles. The molecule has 0 radical (unpaired) electrons. The number of nitrogens with zero attached hydrogens (tertiary/aromatic N) is 3. The third kappa shape index (κ3) is 4.33. The van der Waals surface area contributed by atoms with E-state index in [1.54, 1.807) is 12.1 Å². The molecule has 2 aromatic heterocycles. The van der Waals surface area contributed by atoms with Gasteiger partial charge in [-0.3, -0.25) is 0 Å². The van der Waals surface area contributed by atoms with Crippen molar-refractivity contribution in [2.75, 3.05) is 0 Å². The third-order valence-electron chi connectivity index (χ3n) is 6.93. The van der Waals surface area contributed by atoms with Gasteiger partial charge < -0.3 is 14.5 Å². The van der Waals surface area contributed by atoms with Gasteiger partial charge in [0.25, 0.3) is 0 Å². The molecule has 0 saturated carbocycles. The van der Waals surface area contributed by atoms with Crippen molar-refractivity contribution in [2.24, 2.45) is 0 Å². The number of para-hydroxylation sites is 2.